The van der Waals surface area contributed by atoms with E-state index in [9.17, 15) is 13.2 Å². The first-order valence-electron chi connectivity index (χ1n) is 10.2. The summed E-state index contributed by atoms with van der Waals surface area (Å²) in [6, 6.07) is 17.2. The lowest BCUT2D eigenvalue weighted by atomic mass is 10.1. The topological polar surface area (TPSA) is 98.5 Å². The number of nitrogens with one attached hydrogen (secondary N) is 1. The van der Waals surface area contributed by atoms with Crippen LogP contribution in [0, 0.1) is 6.92 Å². The maximum absolute atomic E-state index is 12.8. The molecule has 33 heavy (non-hydrogen) atoms. The van der Waals surface area contributed by atoms with Crippen LogP contribution < -0.4 is 10.1 Å². The molecule has 0 atom stereocenters. The van der Waals surface area contributed by atoms with Crippen LogP contribution in [-0.4, -0.2) is 25.9 Å². The van der Waals surface area contributed by atoms with Crippen molar-refractivity contribution in [3.05, 3.63) is 83.1 Å². The number of nitrogens with zero attached hydrogens (tertiary/aromatic N) is 1. The Kier molecular flexibility index (Phi) is 6.62. The minimum atomic E-state index is -3.62. The van der Waals surface area contributed by atoms with Crippen LogP contribution in [0.1, 0.15) is 27.9 Å². The van der Waals surface area contributed by atoms with Crippen LogP contribution in [0.4, 0.5) is 5.13 Å². The van der Waals surface area contributed by atoms with Gasteiger partial charge >= 0.3 is 0 Å². The van der Waals surface area contributed by atoms with Crippen molar-refractivity contribution < 1.29 is 22.4 Å². The van der Waals surface area contributed by atoms with Gasteiger partial charge in [-0.3, -0.25) is 10.1 Å². The van der Waals surface area contributed by atoms with Gasteiger partial charge in [0.05, 0.1) is 29.2 Å². The number of ether oxygens (including phenoxy) is 1. The van der Waals surface area contributed by atoms with Crippen LogP contribution in [0.25, 0.3) is 11.3 Å². The molecule has 0 spiro atoms. The third kappa shape index (κ3) is 5.15. The second-order valence-corrected chi connectivity index (χ2v) is 10.4. The molecule has 9 heteroatoms. The standard InChI is InChI=1S/C24H22N2O5S2/c1-3-30-19-11-9-17(10-12-19)21-16(2)32-24(25-21)26-23(27)22-18(13-14-31-22)15-33(28,29)20-7-5-4-6-8-20/h4-14H,3,15H2,1-2H3,(H,25,26,27). The Morgan fingerprint density at radius 2 is 1.82 bits per heavy atom. The molecule has 1 N–H and O–H groups in total. The first-order valence-corrected chi connectivity index (χ1v) is 12.7. The Morgan fingerprint density at radius 1 is 1.09 bits per heavy atom. The second-order valence-electron chi connectivity index (χ2n) is 7.18. The zero-order valence-electron chi connectivity index (χ0n) is 18.1. The predicted octanol–water partition coefficient (Wildman–Crippen LogP) is 5.34. The number of hydrogen-bond donors (Lipinski definition) is 1. The van der Waals surface area contributed by atoms with Crippen molar-refractivity contribution in [2.75, 3.05) is 11.9 Å². The number of rotatable bonds is 8. The van der Waals surface area contributed by atoms with Gasteiger partial charge in [-0.15, -0.1) is 11.3 Å². The number of carbonyl (C=O) groups is 1. The molecular weight excluding hydrogens is 460 g/mol. The van der Waals surface area contributed by atoms with Gasteiger partial charge in [-0.05, 0) is 56.3 Å². The highest BCUT2D eigenvalue weighted by atomic mass is 32.2. The Labute approximate surface area is 196 Å². The minimum Gasteiger partial charge on any atom is -0.494 e. The molecule has 4 aromatic rings. The first-order chi connectivity index (χ1) is 15.9. The molecule has 0 saturated carbocycles. The number of anilines is 1. The number of benzene rings is 2. The fourth-order valence-electron chi connectivity index (χ4n) is 3.31. The Hall–Kier alpha value is -3.43. The van der Waals surface area contributed by atoms with E-state index in [2.05, 4.69) is 10.3 Å². The number of amides is 1. The maximum atomic E-state index is 12.8. The summed E-state index contributed by atoms with van der Waals surface area (Å²) in [5.74, 6) is -0.168. The van der Waals surface area contributed by atoms with Crippen molar-refractivity contribution in [1.82, 2.24) is 4.98 Å². The van der Waals surface area contributed by atoms with Gasteiger partial charge in [0.15, 0.2) is 20.7 Å². The molecular formula is C24H22N2O5S2. The van der Waals surface area contributed by atoms with Crippen molar-refractivity contribution in [2.24, 2.45) is 0 Å². The zero-order chi connectivity index (χ0) is 23.4. The Morgan fingerprint density at radius 3 is 2.52 bits per heavy atom. The summed E-state index contributed by atoms with van der Waals surface area (Å²) in [5, 5.41) is 3.13. The lowest BCUT2D eigenvalue weighted by Crippen LogP contribution is -2.14. The van der Waals surface area contributed by atoms with E-state index < -0.39 is 15.7 Å². The molecule has 2 aromatic carbocycles. The average molecular weight is 483 g/mol. The average Bonchev–Trinajstić information content (AvgIpc) is 3.41. The fourth-order valence-corrected chi connectivity index (χ4v) is 5.52. The summed E-state index contributed by atoms with van der Waals surface area (Å²) in [7, 11) is -3.62. The lowest BCUT2D eigenvalue weighted by Gasteiger charge is -2.05. The van der Waals surface area contributed by atoms with Crippen molar-refractivity contribution in [1.29, 1.82) is 0 Å². The van der Waals surface area contributed by atoms with E-state index in [0.29, 0.717) is 11.7 Å². The third-order valence-corrected chi connectivity index (χ3v) is 7.42. The number of carbonyl (C=O) groups excluding carboxylic acids is 1. The number of sulfone groups is 1. The summed E-state index contributed by atoms with van der Waals surface area (Å²) in [6.07, 6.45) is 1.31. The highest BCUT2D eigenvalue weighted by molar-refractivity contribution is 7.90. The first kappa shape index (κ1) is 22.8. The van der Waals surface area contributed by atoms with Crippen molar-refractivity contribution in [3.63, 3.8) is 0 Å². The summed E-state index contributed by atoms with van der Waals surface area (Å²) < 4.78 is 36.2. The molecule has 0 bridgehead atoms. The maximum Gasteiger partial charge on any atom is 0.293 e. The molecule has 7 nitrogen and oxygen atoms in total. The van der Waals surface area contributed by atoms with Crippen LogP contribution in [0.3, 0.4) is 0 Å². The summed E-state index contributed by atoms with van der Waals surface area (Å²) in [4.78, 5) is 18.5. The van der Waals surface area contributed by atoms with Crippen LogP contribution >= 0.6 is 11.3 Å². The fraction of sp³-hybridized carbons (Fsp3) is 0.167. The van der Waals surface area contributed by atoms with Gasteiger partial charge in [0.2, 0.25) is 0 Å². The minimum absolute atomic E-state index is 0.0509. The molecule has 170 valence electrons. The predicted molar refractivity (Wildman–Crippen MR) is 127 cm³/mol. The summed E-state index contributed by atoms with van der Waals surface area (Å²) >= 11 is 1.33. The molecule has 2 aromatic heterocycles. The van der Waals surface area contributed by atoms with E-state index in [0.717, 1.165) is 21.9 Å². The van der Waals surface area contributed by atoms with Gasteiger partial charge in [0.1, 0.15) is 5.75 Å². The number of hydrogen-bond acceptors (Lipinski definition) is 7. The quantitative estimate of drug-likeness (QED) is 0.364. The second kappa shape index (κ2) is 9.60. The van der Waals surface area contributed by atoms with E-state index >= 15 is 0 Å². The van der Waals surface area contributed by atoms with E-state index in [1.165, 1.54) is 35.8 Å². The highest BCUT2D eigenvalue weighted by Gasteiger charge is 2.23. The largest absolute Gasteiger partial charge is 0.494 e. The van der Waals surface area contributed by atoms with Crippen LogP contribution in [0.5, 0.6) is 5.75 Å². The Balaban J connectivity index is 1.51. The highest BCUT2D eigenvalue weighted by Crippen LogP contribution is 2.32. The van der Waals surface area contributed by atoms with Gasteiger partial charge < -0.3 is 9.15 Å². The van der Waals surface area contributed by atoms with Crippen LogP contribution in [0.2, 0.25) is 0 Å². The molecule has 0 fully saturated rings. The van der Waals surface area contributed by atoms with Gasteiger partial charge in [-0.2, -0.15) is 0 Å². The van der Waals surface area contributed by atoms with Gasteiger partial charge in [0.25, 0.3) is 5.91 Å². The molecule has 0 saturated heterocycles. The lowest BCUT2D eigenvalue weighted by molar-refractivity contribution is 0.0995. The molecule has 0 radical (unpaired) electrons. The van der Waals surface area contributed by atoms with Crippen molar-refractivity contribution in [2.45, 2.75) is 24.5 Å². The summed E-state index contributed by atoms with van der Waals surface area (Å²) in [6.45, 7) is 4.44. The normalized spacial score (nSPS) is 11.3. The van der Waals surface area contributed by atoms with Gasteiger partial charge in [-0.25, -0.2) is 13.4 Å². The molecule has 1 amide bonds. The molecule has 4 rings (SSSR count). The summed E-state index contributed by atoms with van der Waals surface area (Å²) in [5.41, 5.74) is 1.95. The van der Waals surface area contributed by atoms with E-state index in [-0.39, 0.29) is 22.0 Å². The van der Waals surface area contributed by atoms with E-state index in [1.54, 1.807) is 18.2 Å². The number of furan rings is 1. The number of aryl methyl sites for hydroxylation is 1. The monoisotopic (exact) mass is 482 g/mol. The molecule has 0 aliphatic heterocycles. The molecule has 0 aliphatic carbocycles. The molecule has 2 heterocycles. The third-order valence-electron chi connectivity index (χ3n) is 4.86. The van der Waals surface area contributed by atoms with Gasteiger partial charge in [0, 0.05) is 16.0 Å². The molecule has 0 aliphatic rings. The van der Waals surface area contributed by atoms with Crippen LogP contribution in [-0.2, 0) is 15.6 Å². The SMILES string of the molecule is CCOc1ccc(-c2nc(NC(=O)c3occc3CS(=O)(=O)c3ccccc3)sc2C)cc1. The van der Waals surface area contributed by atoms with Gasteiger partial charge in [-0.1, -0.05) is 18.2 Å². The zero-order valence-corrected chi connectivity index (χ0v) is 19.7. The van der Waals surface area contributed by atoms with Crippen molar-refractivity contribution >= 4 is 32.2 Å². The van der Waals surface area contributed by atoms with Crippen molar-refractivity contribution in [3.8, 4) is 17.0 Å². The van der Waals surface area contributed by atoms with E-state index in [1.807, 2.05) is 38.1 Å². The number of aromatic nitrogens is 1. The van der Waals surface area contributed by atoms with Crippen LogP contribution in [0.15, 0.2) is 76.2 Å². The Bertz CT molecular complexity index is 1360. The molecule has 0 unspecified atom stereocenters. The smallest absolute Gasteiger partial charge is 0.293 e. The number of thiazole rings is 1. The van der Waals surface area contributed by atoms with E-state index in [4.69, 9.17) is 9.15 Å².